The maximum absolute atomic E-state index is 13.0. The average Bonchev–Trinajstić information content (AvgIpc) is 2.89. The van der Waals surface area contributed by atoms with E-state index in [-0.39, 0.29) is 17.8 Å². The van der Waals surface area contributed by atoms with Crippen LogP contribution in [0.25, 0.3) is 5.69 Å². The quantitative estimate of drug-likeness (QED) is 0.882. The number of nitrogens with zero attached hydrogens (tertiary/aromatic N) is 2. The minimum atomic E-state index is -0.263. The molecule has 3 rings (SSSR count). The van der Waals surface area contributed by atoms with Crippen LogP contribution in [0, 0.1) is 12.7 Å². The summed E-state index contributed by atoms with van der Waals surface area (Å²) in [4.78, 5) is 11.2. The molecule has 0 radical (unpaired) electrons. The number of rotatable bonds is 3. The highest BCUT2D eigenvalue weighted by atomic mass is 19.1. The summed E-state index contributed by atoms with van der Waals surface area (Å²) in [5.74, 6) is -0.105. The third-order valence-corrected chi connectivity index (χ3v) is 4.17. The predicted octanol–water partition coefficient (Wildman–Crippen LogP) is 2.35. The maximum atomic E-state index is 13.0. The summed E-state index contributed by atoms with van der Waals surface area (Å²) in [6, 6.07) is 6.10. The molecule has 0 spiro atoms. The van der Waals surface area contributed by atoms with Crippen LogP contribution in [0.4, 0.5) is 4.39 Å². The van der Waals surface area contributed by atoms with Crippen LogP contribution < -0.4 is 5.32 Å². The molecule has 110 valence electrons. The highest BCUT2D eigenvalue weighted by molar-refractivity contribution is 5.60. The summed E-state index contributed by atoms with van der Waals surface area (Å²) in [6.45, 7) is 2.87. The molecule has 0 aliphatic carbocycles. The van der Waals surface area contributed by atoms with E-state index in [1.165, 1.54) is 12.1 Å². The van der Waals surface area contributed by atoms with E-state index in [0.717, 1.165) is 42.6 Å². The SMILES string of the molecule is Cc1c(C2CCCNC2C=O)cnn1-c1ccc(F)cc1. The Morgan fingerprint density at radius 3 is 2.86 bits per heavy atom. The van der Waals surface area contributed by atoms with Crippen LogP contribution in [-0.4, -0.2) is 28.7 Å². The standard InChI is InChI=1S/C16H18FN3O/c1-11-15(14-3-2-8-18-16(14)10-21)9-19-20(11)13-6-4-12(17)5-7-13/h4-7,9-10,14,16,18H,2-3,8H2,1H3. The van der Waals surface area contributed by atoms with E-state index in [4.69, 9.17) is 0 Å². The summed E-state index contributed by atoms with van der Waals surface area (Å²) in [6.07, 6.45) is 4.84. The zero-order valence-electron chi connectivity index (χ0n) is 11.9. The van der Waals surface area contributed by atoms with Crippen molar-refractivity contribution >= 4 is 6.29 Å². The number of aromatic nitrogens is 2. The van der Waals surface area contributed by atoms with Crippen LogP contribution >= 0.6 is 0 Å². The molecule has 0 saturated carbocycles. The lowest BCUT2D eigenvalue weighted by molar-refractivity contribution is -0.110. The average molecular weight is 287 g/mol. The van der Waals surface area contributed by atoms with Gasteiger partial charge in [0.25, 0.3) is 0 Å². The van der Waals surface area contributed by atoms with E-state index in [1.807, 2.05) is 13.1 Å². The molecule has 2 unspecified atom stereocenters. The number of halogens is 1. The molecule has 1 saturated heterocycles. The molecule has 4 nitrogen and oxygen atoms in total. The van der Waals surface area contributed by atoms with E-state index >= 15 is 0 Å². The second kappa shape index (κ2) is 5.77. The van der Waals surface area contributed by atoms with E-state index < -0.39 is 0 Å². The number of carbonyl (C=O) groups excluding carboxylic acids is 1. The molecule has 1 aromatic carbocycles. The number of benzene rings is 1. The molecular weight excluding hydrogens is 269 g/mol. The van der Waals surface area contributed by atoms with Gasteiger partial charge in [0.15, 0.2) is 0 Å². The molecule has 2 heterocycles. The highest BCUT2D eigenvalue weighted by Gasteiger charge is 2.28. The van der Waals surface area contributed by atoms with Crippen molar-refractivity contribution in [2.75, 3.05) is 6.54 Å². The van der Waals surface area contributed by atoms with Crippen molar-refractivity contribution in [3.05, 3.63) is 47.5 Å². The zero-order valence-corrected chi connectivity index (χ0v) is 11.9. The summed E-state index contributed by atoms with van der Waals surface area (Å²) >= 11 is 0. The van der Waals surface area contributed by atoms with Crippen LogP contribution in [0.15, 0.2) is 30.5 Å². The lowest BCUT2D eigenvalue weighted by Gasteiger charge is -2.28. The normalized spacial score (nSPS) is 22.2. The van der Waals surface area contributed by atoms with Gasteiger partial charge in [-0.1, -0.05) is 0 Å². The Kier molecular flexibility index (Phi) is 3.84. The monoisotopic (exact) mass is 287 g/mol. The fourth-order valence-corrected chi connectivity index (χ4v) is 3.03. The van der Waals surface area contributed by atoms with Crippen molar-refractivity contribution < 1.29 is 9.18 Å². The fourth-order valence-electron chi connectivity index (χ4n) is 3.03. The predicted molar refractivity (Wildman–Crippen MR) is 78.1 cm³/mol. The van der Waals surface area contributed by atoms with E-state index in [0.29, 0.717) is 0 Å². The minimum absolute atomic E-state index is 0.150. The number of piperidine rings is 1. The molecule has 1 aliphatic heterocycles. The van der Waals surface area contributed by atoms with Gasteiger partial charge in [0.05, 0.1) is 17.9 Å². The van der Waals surface area contributed by atoms with Gasteiger partial charge in [-0.05, 0) is 56.1 Å². The largest absolute Gasteiger partial charge is 0.307 e. The van der Waals surface area contributed by atoms with Gasteiger partial charge in [-0.15, -0.1) is 0 Å². The Morgan fingerprint density at radius 1 is 1.38 bits per heavy atom. The van der Waals surface area contributed by atoms with E-state index in [1.54, 1.807) is 16.8 Å². The Hall–Kier alpha value is -2.01. The molecule has 1 aliphatic rings. The fraction of sp³-hybridized carbons (Fsp3) is 0.375. The van der Waals surface area contributed by atoms with E-state index in [2.05, 4.69) is 10.4 Å². The van der Waals surface area contributed by atoms with Crippen LogP contribution in [0.5, 0.6) is 0 Å². The van der Waals surface area contributed by atoms with Gasteiger partial charge in [0.1, 0.15) is 12.1 Å². The minimum Gasteiger partial charge on any atom is -0.307 e. The lowest BCUT2D eigenvalue weighted by atomic mass is 9.85. The van der Waals surface area contributed by atoms with Crippen molar-refractivity contribution in [2.24, 2.45) is 0 Å². The molecule has 5 heteroatoms. The first-order chi connectivity index (χ1) is 10.2. The van der Waals surface area contributed by atoms with Crippen molar-refractivity contribution in [2.45, 2.75) is 31.7 Å². The molecule has 0 amide bonds. The lowest BCUT2D eigenvalue weighted by Crippen LogP contribution is -2.41. The molecule has 2 atom stereocenters. The number of nitrogens with one attached hydrogen (secondary N) is 1. The van der Waals surface area contributed by atoms with Gasteiger partial charge in [-0.25, -0.2) is 9.07 Å². The van der Waals surface area contributed by atoms with Gasteiger partial charge in [-0.2, -0.15) is 5.10 Å². The first-order valence-corrected chi connectivity index (χ1v) is 7.20. The molecule has 1 aromatic heterocycles. The summed E-state index contributed by atoms with van der Waals surface area (Å²) in [7, 11) is 0. The molecule has 0 bridgehead atoms. The second-order valence-corrected chi connectivity index (χ2v) is 5.44. The Bertz CT molecular complexity index is 635. The summed E-state index contributed by atoms with van der Waals surface area (Å²) < 4.78 is 14.8. The van der Waals surface area contributed by atoms with Crippen molar-refractivity contribution in [3.8, 4) is 5.69 Å². The van der Waals surface area contributed by atoms with Gasteiger partial charge in [0.2, 0.25) is 0 Å². The van der Waals surface area contributed by atoms with Crippen molar-refractivity contribution in [1.82, 2.24) is 15.1 Å². The third kappa shape index (κ3) is 2.61. The van der Waals surface area contributed by atoms with Crippen LogP contribution in [0.3, 0.4) is 0 Å². The van der Waals surface area contributed by atoms with Crippen molar-refractivity contribution in [1.29, 1.82) is 0 Å². The molecule has 1 N–H and O–H groups in total. The third-order valence-electron chi connectivity index (χ3n) is 4.17. The first-order valence-electron chi connectivity index (χ1n) is 7.20. The number of hydrogen-bond donors (Lipinski definition) is 1. The van der Waals surface area contributed by atoms with Crippen LogP contribution in [0.2, 0.25) is 0 Å². The molecule has 2 aromatic rings. The van der Waals surface area contributed by atoms with Crippen molar-refractivity contribution in [3.63, 3.8) is 0 Å². The Balaban J connectivity index is 1.95. The number of aldehydes is 1. The number of carbonyl (C=O) groups is 1. The van der Waals surface area contributed by atoms with Gasteiger partial charge in [0, 0.05) is 11.6 Å². The summed E-state index contributed by atoms with van der Waals surface area (Å²) in [5.41, 5.74) is 2.91. The summed E-state index contributed by atoms with van der Waals surface area (Å²) in [5, 5.41) is 7.66. The van der Waals surface area contributed by atoms with E-state index in [9.17, 15) is 9.18 Å². The number of hydrogen-bond acceptors (Lipinski definition) is 3. The van der Waals surface area contributed by atoms with Gasteiger partial charge >= 0.3 is 0 Å². The second-order valence-electron chi connectivity index (χ2n) is 5.44. The topological polar surface area (TPSA) is 46.9 Å². The molecule has 21 heavy (non-hydrogen) atoms. The van der Waals surface area contributed by atoms with Crippen LogP contribution in [0.1, 0.15) is 30.0 Å². The van der Waals surface area contributed by atoms with Gasteiger partial charge < -0.3 is 10.1 Å². The molecular formula is C16H18FN3O. The van der Waals surface area contributed by atoms with Crippen LogP contribution in [-0.2, 0) is 4.79 Å². The Morgan fingerprint density at radius 2 is 2.14 bits per heavy atom. The smallest absolute Gasteiger partial charge is 0.137 e. The zero-order chi connectivity index (χ0) is 14.8. The highest BCUT2D eigenvalue weighted by Crippen LogP contribution is 2.30. The van der Waals surface area contributed by atoms with Gasteiger partial charge in [-0.3, -0.25) is 0 Å². The Labute approximate surface area is 123 Å². The molecule has 1 fully saturated rings. The first kappa shape index (κ1) is 13.9. The maximum Gasteiger partial charge on any atom is 0.137 e.